The first kappa shape index (κ1) is 13.8. The second-order valence-electron chi connectivity index (χ2n) is 4.61. The Morgan fingerprint density at radius 3 is 3.05 bits per heavy atom. The van der Waals surface area contributed by atoms with Crippen molar-refractivity contribution in [2.24, 2.45) is 0 Å². The fourth-order valence-corrected chi connectivity index (χ4v) is 2.93. The van der Waals surface area contributed by atoms with Crippen molar-refractivity contribution in [1.82, 2.24) is 19.9 Å². The summed E-state index contributed by atoms with van der Waals surface area (Å²) in [6.45, 7) is 3.31. The molecule has 0 saturated carbocycles. The van der Waals surface area contributed by atoms with E-state index in [1.165, 1.54) is 11.3 Å². The number of thiophene rings is 1. The molecule has 3 heterocycles. The summed E-state index contributed by atoms with van der Waals surface area (Å²) in [5.41, 5.74) is 1.78. The van der Waals surface area contributed by atoms with Gasteiger partial charge in [-0.1, -0.05) is 13.0 Å². The monoisotopic (exact) mass is 300 g/mol. The van der Waals surface area contributed by atoms with Gasteiger partial charge in [0.15, 0.2) is 5.65 Å². The van der Waals surface area contributed by atoms with Crippen molar-refractivity contribution in [3.8, 4) is 0 Å². The number of aryl methyl sites for hydroxylation is 1. The summed E-state index contributed by atoms with van der Waals surface area (Å²) < 4.78 is 2.07. The van der Waals surface area contributed by atoms with E-state index in [0.29, 0.717) is 13.1 Å². The standard InChI is InChI=1S/C15H16N4OS/c1-2-13-18-11-5-3-7-16-14(11)19(13)9-8-17-15(20)12-6-4-10-21-12/h3-7,10H,2,8-9H2,1H3,(H,17,20). The van der Waals surface area contributed by atoms with Crippen LogP contribution in [-0.2, 0) is 13.0 Å². The number of nitrogens with zero attached hydrogens (tertiary/aromatic N) is 3. The van der Waals surface area contributed by atoms with Gasteiger partial charge in [-0.05, 0) is 23.6 Å². The molecule has 3 aromatic rings. The average Bonchev–Trinajstić information content (AvgIpc) is 3.14. The fourth-order valence-electron chi connectivity index (χ4n) is 2.29. The van der Waals surface area contributed by atoms with Crippen LogP contribution in [0.2, 0.25) is 0 Å². The number of imidazole rings is 1. The van der Waals surface area contributed by atoms with Gasteiger partial charge in [0.25, 0.3) is 5.91 Å². The van der Waals surface area contributed by atoms with E-state index in [-0.39, 0.29) is 5.91 Å². The lowest BCUT2D eigenvalue weighted by atomic mass is 10.4. The normalized spacial score (nSPS) is 10.9. The minimum Gasteiger partial charge on any atom is -0.350 e. The number of fused-ring (bicyclic) bond motifs is 1. The van der Waals surface area contributed by atoms with Crippen molar-refractivity contribution >= 4 is 28.4 Å². The maximum atomic E-state index is 11.9. The number of nitrogens with one attached hydrogen (secondary N) is 1. The molecular weight excluding hydrogens is 284 g/mol. The van der Waals surface area contributed by atoms with E-state index in [2.05, 4.69) is 26.8 Å². The van der Waals surface area contributed by atoms with Crippen LogP contribution < -0.4 is 5.32 Å². The van der Waals surface area contributed by atoms with Gasteiger partial charge in [0.2, 0.25) is 0 Å². The first-order chi connectivity index (χ1) is 10.3. The zero-order valence-electron chi connectivity index (χ0n) is 11.7. The number of hydrogen-bond acceptors (Lipinski definition) is 4. The molecule has 0 atom stereocenters. The average molecular weight is 300 g/mol. The van der Waals surface area contributed by atoms with Crippen LogP contribution in [0.3, 0.4) is 0 Å². The van der Waals surface area contributed by atoms with Crippen molar-refractivity contribution in [2.45, 2.75) is 19.9 Å². The van der Waals surface area contributed by atoms with Crippen LogP contribution in [0.15, 0.2) is 35.8 Å². The minimum atomic E-state index is -0.0274. The predicted octanol–water partition coefficient (Wildman–Crippen LogP) is 2.49. The molecule has 0 fully saturated rings. The molecule has 0 aliphatic heterocycles. The van der Waals surface area contributed by atoms with E-state index in [9.17, 15) is 4.79 Å². The molecule has 0 radical (unpaired) electrons. The van der Waals surface area contributed by atoms with E-state index in [1.807, 2.05) is 29.6 Å². The first-order valence-electron chi connectivity index (χ1n) is 6.91. The number of carbonyl (C=O) groups excluding carboxylic acids is 1. The summed E-state index contributed by atoms with van der Waals surface area (Å²) in [5, 5.41) is 4.83. The molecule has 3 aromatic heterocycles. The maximum Gasteiger partial charge on any atom is 0.261 e. The third-order valence-electron chi connectivity index (χ3n) is 3.26. The van der Waals surface area contributed by atoms with E-state index in [1.54, 1.807) is 6.20 Å². The van der Waals surface area contributed by atoms with Gasteiger partial charge in [-0.3, -0.25) is 4.79 Å². The number of aromatic nitrogens is 3. The van der Waals surface area contributed by atoms with Crippen LogP contribution in [0.25, 0.3) is 11.2 Å². The van der Waals surface area contributed by atoms with Gasteiger partial charge in [0.05, 0.1) is 4.88 Å². The van der Waals surface area contributed by atoms with Crippen LogP contribution in [0.1, 0.15) is 22.4 Å². The highest BCUT2D eigenvalue weighted by Crippen LogP contribution is 2.13. The molecule has 0 bridgehead atoms. The van der Waals surface area contributed by atoms with Crippen LogP contribution in [0, 0.1) is 0 Å². The van der Waals surface area contributed by atoms with Gasteiger partial charge in [0, 0.05) is 25.7 Å². The molecular formula is C15H16N4OS. The lowest BCUT2D eigenvalue weighted by molar-refractivity contribution is 0.0956. The molecule has 0 aliphatic rings. The third kappa shape index (κ3) is 2.80. The molecule has 5 nitrogen and oxygen atoms in total. The Morgan fingerprint density at radius 1 is 1.38 bits per heavy atom. The molecule has 21 heavy (non-hydrogen) atoms. The van der Waals surface area contributed by atoms with E-state index in [0.717, 1.165) is 28.3 Å². The molecule has 1 N–H and O–H groups in total. The van der Waals surface area contributed by atoms with Crippen molar-refractivity contribution in [2.75, 3.05) is 6.54 Å². The largest absolute Gasteiger partial charge is 0.350 e. The van der Waals surface area contributed by atoms with Crippen LogP contribution in [0.4, 0.5) is 0 Å². The minimum absolute atomic E-state index is 0.0274. The van der Waals surface area contributed by atoms with E-state index >= 15 is 0 Å². The Bertz CT molecular complexity index is 748. The van der Waals surface area contributed by atoms with Gasteiger partial charge in [-0.15, -0.1) is 11.3 Å². The molecule has 0 unspecified atom stereocenters. The van der Waals surface area contributed by atoms with Crippen LogP contribution in [-0.4, -0.2) is 27.0 Å². The Hall–Kier alpha value is -2.21. The fraction of sp³-hybridized carbons (Fsp3) is 0.267. The molecule has 0 aliphatic carbocycles. The molecule has 3 rings (SSSR count). The van der Waals surface area contributed by atoms with Gasteiger partial charge < -0.3 is 9.88 Å². The molecule has 6 heteroatoms. The first-order valence-corrected chi connectivity index (χ1v) is 7.79. The zero-order valence-corrected chi connectivity index (χ0v) is 12.6. The number of hydrogen-bond donors (Lipinski definition) is 1. The molecule has 108 valence electrons. The van der Waals surface area contributed by atoms with E-state index in [4.69, 9.17) is 0 Å². The second-order valence-corrected chi connectivity index (χ2v) is 5.56. The summed E-state index contributed by atoms with van der Waals surface area (Å²) in [6.07, 6.45) is 2.61. The molecule has 0 saturated heterocycles. The van der Waals surface area contributed by atoms with Gasteiger partial charge in [0.1, 0.15) is 11.3 Å². The Kier molecular flexibility index (Phi) is 3.96. The summed E-state index contributed by atoms with van der Waals surface area (Å²) in [6, 6.07) is 7.55. The SMILES string of the molecule is CCc1nc2cccnc2n1CCNC(=O)c1cccs1. The lowest BCUT2D eigenvalue weighted by Crippen LogP contribution is -2.27. The number of pyridine rings is 1. The number of carbonyl (C=O) groups is 1. The smallest absolute Gasteiger partial charge is 0.261 e. The summed E-state index contributed by atoms with van der Waals surface area (Å²) in [7, 11) is 0. The van der Waals surface area contributed by atoms with Crippen molar-refractivity contribution in [3.63, 3.8) is 0 Å². The third-order valence-corrected chi connectivity index (χ3v) is 4.13. The maximum absolute atomic E-state index is 11.9. The van der Waals surface area contributed by atoms with Gasteiger partial charge in [-0.2, -0.15) is 0 Å². The summed E-state index contributed by atoms with van der Waals surface area (Å²) in [4.78, 5) is 21.6. The predicted molar refractivity (Wildman–Crippen MR) is 83.6 cm³/mol. The van der Waals surface area contributed by atoms with Gasteiger partial charge in [-0.25, -0.2) is 9.97 Å². The highest BCUT2D eigenvalue weighted by molar-refractivity contribution is 7.12. The Balaban J connectivity index is 1.72. The lowest BCUT2D eigenvalue weighted by Gasteiger charge is -2.08. The van der Waals surface area contributed by atoms with E-state index < -0.39 is 0 Å². The topological polar surface area (TPSA) is 59.8 Å². The Labute approximate surface area is 126 Å². The Morgan fingerprint density at radius 2 is 2.29 bits per heavy atom. The van der Waals surface area contributed by atoms with Crippen LogP contribution >= 0.6 is 11.3 Å². The van der Waals surface area contributed by atoms with Crippen molar-refractivity contribution < 1.29 is 4.79 Å². The van der Waals surface area contributed by atoms with Crippen molar-refractivity contribution in [1.29, 1.82) is 0 Å². The molecule has 0 aromatic carbocycles. The highest BCUT2D eigenvalue weighted by Gasteiger charge is 2.10. The number of rotatable bonds is 5. The summed E-state index contributed by atoms with van der Waals surface area (Å²) in [5.74, 6) is 0.967. The number of amides is 1. The van der Waals surface area contributed by atoms with Crippen LogP contribution in [0.5, 0.6) is 0 Å². The molecule has 1 amide bonds. The molecule has 0 spiro atoms. The highest BCUT2D eigenvalue weighted by atomic mass is 32.1. The van der Waals surface area contributed by atoms with Crippen molar-refractivity contribution in [3.05, 3.63) is 46.5 Å². The summed E-state index contributed by atoms with van der Waals surface area (Å²) >= 11 is 1.45. The van der Waals surface area contributed by atoms with Gasteiger partial charge >= 0.3 is 0 Å². The second kappa shape index (κ2) is 6.05. The zero-order chi connectivity index (χ0) is 14.7. The quantitative estimate of drug-likeness (QED) is 0.787.